The number of sulfonamides is 1. The summed E-state index contributed by atoms with van der Waals surface area (Å²) < 4.78 is 27.3. The average Bonchev–Trinajstić information content (AvgIpc) is 2.82. The topological polar surface area (TPSA) is 93.5 Å². The van der Waals surface area contributed by atoms with Gasteiger partial charge < -0.3 is 5.32 Å². The summed E-state index contributed by atoms with van der Waals surface area (Å²) in [6.45, 7) is 5.93. The third kappa shape index (κ3) is 5.31. The summed E-state index contributed by atoms with van der Waals surface area (Å²) in [5.74, 6) is 0.147. The van der Waals surface area contributed by atoms with E-state index in [4.69, 9.17) is 0 Å². The van der Waals surface area contributed by atoms with E-state index in [-0.39, 0.29) is 41.4 Å². The summed E-state index contributed by atoms with van der Waals surface area (Å²) in [5, 5.41) is 12.2. The van der Waals surface area contributed by atoms with Gasteiger partial charge in [0, 0.05) is 32.7 Å². The zero-order valence-electron chi connectivity index (χ0n) is 17.9. The van der Waals surface area contributed by atoms with Gasteiger partial charge in [0.15, 0.2) is 0 Å². The van der Waals surface area contributed by atoms with Crippen molar-refractivity contribution in [2.75, 3.05) is 32.7 Å². The highest BCUT2D eigenvalue weighted by molar-refractivity contribution is 7.89. The molecule has 0 spiro atoms. The fourth-order valence-electron chi connectivity index (χ4n) is 3.72. The van der Waals surface area contributed by atoms with Crippen molar-refractivity contribution >= 4 is 15.9 Å². The Morgan fingerprint density at radius 1 is 1.03 bits per heavy atom. The molecule has 0 saturated carbocycles. The maximum Gasteiger partial charge on any atom is 0.244 e. The van der Waals surface area contributed by atoms with Gasteiger partial charge in [0.05, 0.1) is 16.5 Å². The maximum atomic E-state index is 13.0. The number of nitrogens with one attached hydrogen (secondary N) is 1. The van der Waals surface area contributed by atoms with Gasteiger partial charge in [-0.1, -0.05) is 49.4 Å². The summed E-state index contributed by atoms with van der Waals surface area (Å²) in [4.78, 5) is 14.7. The van der Waals surface area contributed by atoms with Crippen molar-refractivity contribution in [3.05, 3.63) is 65.7 Å². The lowest BCUT2D eigenvalue weighted by Crippen LogP contribution is -2.55. The van der Waals surface area contributed by atoms with Gasteiger partial charge in [0.2, 0.25) is 15.9 Å². The number of nitrogens with zero attached hydrogens (tertiary/aromatic N) is 3. The molecule has 1 N–H and O–H groups in total. The van der Waals surface area contributed by atoms with Gasteiger partial charge in [0.25, 0.3) is 0 Å². The van der Waals surface area contributed by atoms with Crippen LogP contribution in [0.4, 0.5) is 0 Å². The molecule has 2 atom stereocenters. The quantitative estimate of drug-likeness (QED) is 0.712. The minimum atomic E-state index is -3.74. The summed E-state index contributed by atoms with van der Waals surface area (Å²) in [5.41, 5.74) is 1.32. The summed E-state index contributed by atoms with van der Waals surface area (Å²) in [7, 11) is -3.74. The van der Waals surface area contributed by atoms with Crippen molar-refractivity contribution in [1.29, 1.82) is 5.26 Å². The van der Waals surface area contributed by atoms with Crippen molar-refractivity contribution in [3.8, 4) is 6.07 Å². The fraction of sp³-hybridized carbons (Fsp3) is 0.391. The van der Waals surface area contributed by atoms with Gasteiger partial charge in [-0.25, -0.2) is 8.42 Å². The Balaban J connectivity index is 1.55. The summed E-state index contributed by atoms with van der Waals surface area (Å²) in [6, 6.07) is 17.9. The normalized spacial score (nSPS) is 17.5. The molecule has 31 heavy (non-hydrogen) atoms. The van der Waals surface area contributed by atoms with Crippen molar-refractivity contribution in [2.45, 2.75) is 30.7 Å². The van der Waals surface area contributed by atoms with Crippen LogP contribution in [0.2, 0.25) is 0 Å². The second-order valence-electron chi connectivity index (χ2n) is 7.78. The second-order valence-corrected chi connectivity index (χ2v) is 9.69. The van der Waals surface area contributed by atoms with Crippen LogP contribution in [-0.4, -0.2) is 62.3 Å². The third-order valence-corrected chi connectivity index (χ3v) is 7.73. The van der Waals surface area contributed by atoms with Gasteiger partial charge in [-0.3, -0.25) is 9.69 Å². The highest BCUT2D eigenvalue weighted by atomic mass is 32.2. The minimum Gasteiger partial charge on any atom is -0.354 e. The molecule has 1 amide bonds. The number of piperazine rings is 1. The predicted molar refractivity (Wildman–Crippen MR) is 119 cm³/mol. The molecule has 3 rings (SSSR count). The molecule has 2 aromatic carbocycles. The van der Waals surface area contributed by atoms with Gasteiger partial charge in [0.1, 0.15) is 6.07 Å². The van der Waals surface area contributed by atoms with Crippen molar-refractivity contribution < 1.29 is 13.2 Å². The Hall–Kier alpha value is -2.73. The molecule has 7 nitrogen and oxygen atoms in total. The van der Waals surface area contributed by atoms with Gasteiger partial charge >= 0.3 is 0 Å². The highest BCUT2D eigenvalue weighted by Gasteiger charge is 2.32. The molecule has 1 saturated heterocycles. The number of rotatable bonds is 7. The van der Waals surface area contributed by atoms with E-state index in [1.807, 2.05) is 48.2 Å². The lowest BCUT2D eigenvalue weighted by molar-refractivity contribution is -0.126. The third-order valence-electron chi connectivity index (χ3n) is 5.78. The second kappa shape index (κ2) is 10.1. The Bertz CT molecular complexity index is 1040. The molecular weight excluding hydrogens is 412 g/mol. The minimum absolute atomic E-state index is 0.0339. The largest absolute Gasteiger partial charge is 0.354 e. The summed E-state index contributed by atoms with van der Waals surface area (Å²) in [6.07, 6.45) is 0. The van der Waals surface area contributed by atoms with Crippen molar-refractivity contribution in [2.24, 2.45) is 0 Å². The smallest absolute Gasteiger partial charge is 0.244 e. The van der Waals surface area contributed by atoms with E-state index in [0.717, 1.165) is 0 Å². The van der Waals surface area contributed by atoms with E-state index in [2.05, 4.69) is 12.2 Å². The Kier molecular flexibility index (Phi) is 7.44. The van der Waals surface area contributed by atoms with Crippen LogP contribution < -0.4 is 5.32 Å². The number of amides is 1. The lowest BCUT2D eigenvalue weighted by Gasteiger charge is -2.36. The molecule has 1 aliphatic rings. The number of carbonyl (C=O) groups excluding carboxylic acids is 1. The number of nitriles is 1. The maximum absolute atomic E-state index is 13.0. The predicted octanol–water partition coefficient (Wildman–Crippen LogP) is 2.17. The molecule has 1 aliphatic heterocycles. The van der Waals surface area contributed by atoms with Crippen LogP contribution in [-0.2, 0) is 14.8 Å². The SMILES string of the molecule is C[C@H](CNC(=O)[C@@H](C)N1CCN(S(=O)(=O)c2ccccc2C#N)CC1)c1ccccc1. The standard InChI is InChI=1S/C23H28N4O3S/c1-18(20-8-4-3-5-9-20)17-25-23(28)19(2)26-12-14-27(15-13-26)31(29,30)22-11-7-6-10-21(22)16-24/h3-11,18-19H,12-15,17H2,1-2H3,(H,25,28)/t18-,19-/m1/s1. The fourth-order valence-corrected chi connectivity index (χ4v) is 5.29. The van der Waals surface area contributed by atoms with Crippen LogP contribution >= 0.6 is 0 Å². The van der Waals surface area contributed by atoms with Crippen molar-refractivity contribution in [1.82, 2.24) is 14.5 Å². The zero-order valence-corrected chi connectivity index (χ0v) is 18.7. The molecule has 0 bridgehead atoms. The molecule has 2 aromatic rings. The number of carbonyl (C=O) groups is 1. The van der Waals surface area contributed by atoms with E-state index in [1.54, 1.807) is 12.1 Å². The molecule has 0 unspecified atom stereocenters. The number of hydrogen-bond acceptors (Lipinski definition) is 5. The number of benzene rings is 2. The average molecular weight is 441 g/mol. The summed E-state index contributed by atoms with van der Waals surface area (Å²) >= 11 is 0. The molecule has 8 heteroatoms. The van der Waals surface area contributed by atoms with Crippen LogP contribution in [0.25, 0.3) is 0 Å². The molecule has 0 aromatic heterocycles. The lowest BCUT2D eigenvalue weighted by atomic mass is 10.0. The van der Waals surface area contributed by atoms with Crippen LogP contribution in [0.15, 0.2) is 59.5 Å². The first-order valence-electron chi connectivity index (χ1n) is 10.4. The van der Waals surface area contributed by atoms with Crippen LogP contribution in [0.5, 0.6) is 0 Å². The molecule has 1 heterocycles. The molecule has 164 valence electrons. The zero-order chi connectivity index (χ0) is 22.4. The van der Waals surface area contributed by atoms with E-state index >= 15 is 0 Å². The first-order valence-corrected chi connectivity index (χ1v) is 11.8. The molecule has 1 fully saturated rings. The van der Waals surface area contributed by atoms with E-state index in [9.17, 15) is 18.5 Å². The van der Waals surface area contributed by atoms with Gasteiger partial charge in [-0.05, 0) is 30.5 Å². The van der Waals surface area contributed by atoms with Crippen molar-refractivity contribution in [3.63, 3.8) is 0 Å². The van der Waals surface area contributed by atoms with Crippen LogP contribution in [0, 0.1) is 11.3 Å². The monoisotopic (exact) mass is 440 g/mol. The van der Waals surface area contributed by atoms with E-state index < -0.39 is 10.0 Å². The van der Waals surface area contributed by atoms with Gasteiger partial charge in [-0.15, -0.1) is 0 Å². The molecule has 0 radical (unpaired) electrons. The molecular formula is C23H28N4O3S. The first-order chi connectivity index (χ1) is 14.8. The van der Waals surface area contributed by atoms with E-state index in [1.165, 1.54) is 22.0 Å². The highest BCUT2D eigenvalue weighted by Crippen LogP contribution is 2.21. The van der Waals surface area contributed by atoms with Crippen LogP contribution in [0.3, 0.4) is 0 Å². The van der Waals surface area contributed by atoms with Gasteiger partial charge in [-0.2, -0.15) is 9.57 Å². The Morgan fingerprint density at radius 2 is 1.65 bits per heavy atom. The molecule has 0 aliphatic carbocycles. The Labute approximate surface area is 184 Å². The van der Waals surface area contributed by atoms with E-state index in [0.29, 0.717) is 19.6 Å². The Morgan fingerprint density at radius 3 is 2.29 bits per heavy atom. The van der Waals surface area contributed by atoms with Crippen LogP contribution in [0.1, 0.15) is 30.9 Å². The number of hydrogen-bond donors (Lipinski definition) is 1. The first kappa shape index (κ1) is 22.9.